The van der Waals surface area contributed by atoms with E-state index in [1.54, 1.807) is 0 Å². The lowest BCUT2D eigenvalue weighted by atomic mass is 9.79. The van der Waals surface area contributed by atoms with E-state index >= 15 is 0 Å². The molecule has 0 aliphatic carbocycles. The van der Waals surface area contributed by atoms with Crippen molar-refractivity contribution in [2.24, 2.45) is 5.92 Å². The minimum atomic E-state index is -0.332. The predicted molar refractivity (Wildman–Crippen MR) is 295 cm³/mol. The molecule has 0 aliphatic heterocycles. The van der Waals surface area contributed by atoms with Crippen LogP contribution in [0.5, 0.6) is 5.75 Å². The topological polar surface area (TPSA) is 50.9 Å². The largest absolute Gasteiger partial charge is 0.507 e. The molecule has 0 bridgehead atoms. The molecule has 10 aromatic rings. The van der Waals surface area contributed by atoms with E-state index in [1.807, 2.05) is 6.20 Å². The highest BCUT2D eigenvalue weighted by Crippen LogP contribution is 2.46. The Kier molecular flexibility index (Phi) is 12.2. The molecule has 70 heavy (non-hydrogen) atoms. The first-order chi connectivity index (χ1) is 33.7. The van der Waals surface area contributed by atoms with Gasteiger partial charge in [-0.3, -0.25) is 9.55 Å². The Hall–Kier alpha value is -7.82. The monoisotopic (exact) mass is 911 g/mol. The summed E-state index contributed by atoms with van der Waals surface area (Å²) in [7, 11) is 0. The van der Waals surface area contributed by atoms with Crippen molar-refractivity contribution in [1.82, 2.24) is 14.5 Å². The van der Waals surface area contributed by atoms with Crippen molar-refractivity contribution in [3.63, 3.8) is 0 Å². The van der Waals surface area contributed by atoms with Gasteiger partial charge in [0.1, 0.15) is 11.6 Å². The van der Waals surface area contributed by atoms with Gasteiger partial charge in [0.2, 0.25) is 0 Å². The fraction of sp³-hybridized carbons (Fsp3) is 0.182. The number of phenols is 1. The normalized spacial score (nSPS) is 12.0. The third kappa shape index (κ3) is 9.22. The zero-order chi connectivity index (χ0) is 48.7. The van der Waals surface area contributed by atoms with E-state index in [9.17, 15) is 5.11 Å². The van der Waals surface area contributed by atoms with Gasteiger partial charge in [-0.25, -0.2) is 4.98 Å². The highest BCUT2D eigenvalue weighted by Gasteiger charge is 2.29. The third-order valence-electron chi connectivity index (χ3n) is 13.5. The Bertz CT molecular complexity index is 3480. The van der Waals surface area contributed by atoms with Crippen LogP contribution in [-0.4, -0.2) is 19.6 Å². The second-order valence-electron chi connectivity index (χ2n) is 21.2. The number of rotatable bonds is 10. The summed E-state index contributed by atoms with van der Waals surface area (Å²) in [5, 5.41) is 12.6. The Morgan fingerprint density at radius 3 is 1.69 bits per heavy atom. The number of fused-ring (bicyclic) bond motifs is 1. The maximum atomic E-state index is 12.6. The molecular formula is C66H61N3O. The van der Waals surface area contributed by atoms with E-state index in [-0.39, 0.29) is 16.6 Å². The van der Waals surface area contributed by atoms with Crippen molar-refractivity contribution in [2.75, 3.05) is 0 Å². The van der Waals surface area contributed by atoms with Gasteiger partial charge in [0.05, 0.1) is 28.0 Å². The molecular weight excluding hydrogens is 851 g/mol. The van der Waals surface area contributed by atoms with E-state index < -0.39 is 0 Å². The van der Waals surface area contributed by atoms with Crippen molar-refractivity contribution < 1.29 is 5.11 Å². The van der Waals surface area contributed by atoms with Gasteiger partial charge in [0.25, 0.3) is 0 Å². The molecule has 0 atom stereocenters. The first-order valence-corrected chi connectivity index (χ1v) is 24.6. The Labute approximate surface area is 414 Å². The number of aromatic nitrogens is 3. The van der Waals surface area contributed by atoms with Gasteiger partial charge in [-0.05, 0) is 133 Å². The van der Waals surface area contributed by atoms with Crippen LogP contribution >= 0.6 is 0 Å². The van der Waals surface area contributed by atoms with E-state index in [0.29, 0.717) is 17.3 Å². The third-order valence-corrected chi connectivity index (χ3v) is 13.5. The summed E-state index contributed by atoms with van der Waals surface area (Å²) in [4.78, 5) is 10.7. The van der Waals surface area contributed by atoms with Crippen LogP contribution in [0.15, 0.2) is 200 Å². The molecule has 0 spiro atoms. The number of hydrogen-bond donors (Lipinski definition) is 1. The number of para-hydroxylation sites is 1. The lowest BCUT2D eigenvalue weighted by Gasteiger charge is -2.27. The number of benzene rings is 8. The van der Waals surface area contributed by atoms with E-state index in [4.69, 9.17) is 9.97 Å². The van der Waals surface area contributed by atoms with E-state index in [2.05, 4.69) is 254 Å². The number of imidazole rings is 1. The smallest absolute Gasteiger partial charge is 0.149 e. The van der Waals surface area contributed by atoms with Crippen molar-refractivity contribution >= 4 is 11.0 Å². The lowest BCUT2D eigenvalue weighted by Crippen LogP contribution is -2.17. The quantitative estimate of drug-likeness (QED) is 0.149. The molecule has 10 rings (SSSR count). The molecule has 0 saturated carbocycles. The maximum Gasteiger partial charge on any atom is 0.149 e. The molecule has 0 amide bonds. The standard InChI is InChI=1S/C66H61N3O/c1-43(2)35-44-27-32-60(56(36-44)49-23-16-11-17-24-49)69-61-26-18-25-55(62(61)68-64(69)57-41-54(65(3,4)5)42-58(63(57)70)66(6,7)8)52-37-51(46-21-14-10-15-22-46)38-53(39-52)59-40-50(33-34-67-59)48-30-28-47(29-31-48)45-19-12-9-13-20-45/h9-34,36-43,70H,35H2,1-8H3. The average Bonchev–Trinajstić information content (AvgIpc) is 3.76. The van der Waals surface area contributed by atoms with Gasteiger partial charge >= 0.3 is 0 Å². The number of phenolic OH excluding ortho intramolecular Hbond substituents is 1. The van der Waals surface area contributed by atoms with Crippen LogP contribution < -0.4 is 0 Å². The second kappa shape index (κ2) is 18.6. The molecule has 346 valence electrons. The fourth-order valence-corrected chi connectivity index (χ4v) is 9.77. The molecule has 0 fully saturated rings. The molecule has 0 radical (unpaired) electrons. The van der Waals surface area contributed by atoms with Crippen molar-refractivity contribution in [2.45, 2.75) is 72.6 Å². The van der Waals surface area contributed by atoms with Crippen molar-refractivity contribution in [3.05, 3.63) is 217 Å². The zero-order valence-electron chi connectivity index (χ0n) is 41.6. The highest BCUT2D eigenvalue weighted by molar-refractivity contribution is 5.98. The molecule has 4 nitrogen and oxygen atoms in total. The average molecular weight is 912 g/mol. The molecule has 0 saturated heterocycles. The summed E-state index contributed by atoms with van der Waals surface area (Å²) >= 11 is 0. The fourth-order valence-electron chi connectivity index (χ4n) is 9.77. The highest BCUT2D eigenvalue weighted by atomic mass is 16.3. The van der Waals surface area contributed by atoms with Crippen LogP contribution in [0.25, 0.3) is 95.0 Å². The number of aromatic hydroxyl groups is 1. The zero-order valence-corrected chi connectivity index (χ0v) is 41.6. The van der Waals surface area contributed by atoms with Gasteiger partial charge in [0.15, 0.2) is 0 Å². The Morgan fingerprint density at radius 2 is 1.06 bits per heavy atom. The summed E-state index contributed by atoms with van der Waals surface area (Å²) in [5.74, 6) is 1.44. The molecule has 0 aliphatic rings. The van der Waals surface area contributed by atoms with Gasteiger partial charge in [0, 0.05) is 28.5 Å². The summed E-state index contributed by atoms with van der Waals surface area (Å²) in [6.07, 6.45) is 2.88. The van der Waals surface area contributed by atoms with Crippen LogP contribution in [-0.2, 0) is 17.3 Å². The maximum absolute atomic E-state index is 12.6. The Morgan fingerprint density at radius 1 is 0.471 bits per heavy atom. The lowest BCUT2D eigenvalue weighted by molar-refractivity contribution is 0.446. The van der Waals surface area contributed by atoms with Crippen LogP contribution in [0, 0.1) is 5.92 Å². The molecule has 0 unspecified atom stereocenters. The van der Waals surface area contributed by atoms with Crippen LogP contribution in [0.3, 0.4) is 0 Å². The minimum Gasteiger partial charge on any atom is -0.507 e. The van der Waals surface area contributed by atoms with Crippen LogP contribution in [0.2, 0.25) is 0 Å². The first-order valence-electron chi connectivity index (χ1n) is 24.6. The molecule has 1 N–H and O–H groups in total. The SMILES string of the molecule is CC(C)Cc1ccc(-n2c(-c3cc(C(C)(C)C)cc(C(C)(C)C)c3O)nc3c(-c4cc(-c5ccccc5)cc(-c5cc(-c6ccc(-c7ccccc7)cc6)ccn5)c4)cccc32)c(-c2ccccc2)c1. The minimum absolute atomic E-state index is 0.191. The van der Waals surface area contributed by atoms with Crippen LogP contribution in [0.4, 0.5) is 0 Å². The summed E-state index contributed by atoms with van der Waals surface area (Å²) in [6, 6.07) is 69.4. The molecule has 2 heterocycles. The molecule has 2 aromatic heterocycles. The van der Waals surface area contributed by atoms with Gasteiger partial charge in [-0.1, -0.05) is 195 Å². The predicted octanol–water partition coefficient (Wildman–Crippen LogP) is 17.6. The molecule has 4 heteroatoms. The van der Waals surface area contributed by atoms with Gasteiger partial charge in [-0.15, -0.1) is 0 Å². The number of hydrogen-bond acceptors (Lipinski definition) is 3. The second-order valence-corrected chi connectivity index (χ2v) is 21.2. The van der Waals surface area contributed by atoms with Gasteiger partial charge in [-0.2, -0.15) is 0 Å². The van der Waals surface area contributed by atoms with Crippen LogP contribution in [0.1, 0.15) is 72.1 Å². The number of nitrogens with zero attached hydrogens (tertiary/aromatic N) is 3. The summed E-state index contributed by atoms with van der Waals surface area (Å²) < 4.78 is 2.30. The van der Waals surface area contributed by atoms with Gasteiger partial charge < -0.3 is 5.11 Å². The summed E-state index contributed by atoms with van der Waals surface area (Å²) in [6.45, 7) is 17.8. The first kappa shape index (κ1) is 45.9. The summed E-state index contributed by atoms with van der Waals surface area (Å²) in [5.41, 5.74) is 19.3. The van der Waals surface area contributed by atoms with Crippen molar-refractivity contribution in [1.29, 1.82) is 0 Å². The molecule has 8 aromatic carbocycles. The Balaban J connectivity index is 1.22. The van der Waals surface area contributed by atoms with E-state index in [0.717, 1.165) is 90.0 Å². The van der Waals surface area contributed by atoms with E-state index in [1.165, 1.54) is 16.7 Å². The number of pyridine rings is 1. The van der Waals surface area contributed by atoms with Crippen molar-refractivity contribution in [3.8, 4) is 89.7 Å².